The number of aromatic hydroxyl groups is 1. The summed E-state index contributed by atoms with van der Waals surface area (Å²) in [7, 11) is 0. The fourth-order valence-electron chi connectivity index (χ4n) is 8.19. The first-order valence-corrected chi connectivity index (χ1v) is 15.6. The van der Waals surface area contributed by atoms with Gasteiger partial charge in [0.25, 0.3) is 0 Å². The van der Waals surface area contributed by atoms with Crippen molar-refractivity contribution in [1.82, 2.24) is 25.2 Å². The summed E-state index contributed by atoms with van der Waals surface area (Å²) in [5.74, 6) is 2.22. The van der Waals surface area contributed by atoms with Crippen LogP contribution in [0.5, 0.6) is 11.8 Å². The third kappa shape index (κ3) is 4.73. The maximum Gasteiger partial charge on any atom is 0.319 e. The number of pyridine rings is 1. The molecule has 2 bridgehead atoms. The molecule has 2 N–H and O–H groups in total. The van der Waals surface area contributed by atoms with E-state index in [-0.39, 0.29) is 46.1 Å². The van der Waals surface area contributed by atoms with Gasteiger partial charge in [-0.05, 0) is 74.3 Å². The number of piperidine rings is 2. The van der Waals surface area contributed by atoms with Gasteiger partial charge in [-0.1, -0.05) is 12.0 Å². The number of rotatable bonds is 5. The molecule has 2 aromatic carbocycles. The second-order valence-electron chi connectivity index (χ2n) is 13.1. The van der Waals surface area contributed by atoms with Crippen molar-refractivity contribution in [3.05, 3.63) is 47.7 Å². The number of aromatic nitrogens is 3. The molecular weight excluding hydrogens is 581 g/mol. The molecule has 2 unspecified atom stereocenters. The number of fused-ring (bicyclic) bond motifs is 5. The zero-order valence-corrected chi connectivity index (χ0v) is 24.7. The molecule has 4 atom stereocenters. The quantitative estimate of drug-likeness (QED) is 0.310. The monoisotopic (exact) mass is 614 g/mol. The van der Waals surface area contributed by atoms with Crippen molar-refractivity contribution < 1.29 is 23.0 Å². The van der Waals surface area contributed by atoms with E-state index < -0.39 is 23.3 Å². The number of anilines is 1. The molecule has 8 nitrogen and oxygen atoms in total. The molecule has 232 valence electrons. The van der Waals surface area contributed by atoms with Gasteiger partial charge in [-0.2, -0.15) is 9.97 Å². The fourth-order valence-corrected chi connectivity index (χ4v) is 8.19. The maximum atomic E-state index is 16.8. The Hall–Kier alpha value is -4.14. The van der Waals surface area contributed by atoms with Gasteiger partial charge >= 0.3 is 6.01 Å². The number of phenols is 1. The Balaban J connectivity index is 1.27. The molecule has 4 aliphatic rings. The van der Waals surface area contributed by atoms with Gasteiger partial charge in [0, 0.05) is 43.2 Å². The number of benzene rings is 2. The molecule has 0 radical (unpaired) electrons. The number of terminal acetylenes is 1. The van der Waals surface area contributed by atoms with E-state index >= 15 is 4.39 Å². The lowest BCUT2D eigenvalue weighted by Crippen LogP contribution is -2.51. The summed E-state index contributed by atoms with van der Waals surface area (Å²) < 4.78 is 52.3. The summed E-state index contributed by atoms with van der Waals surface area (Å²) in [5.41, 5.74) is -0.451. The number of hydrogen-bond acceptors (Lipinski definition) is 8. The van der Waals surface area contributed by atoms with E-state index in [1.165, 1.54) is 30.5 Å². The lowest BCUT2D eigenvalue weighted by Gasteiger charge is -2.42. The first-order valence-electron chi connectivity index (χ1n) is 15.6. The molecule has 8 rings (SSSR count). The average Bonchev–Trinajstić information content (AvgIpc) is 3.55. The predicted molar refractivity (Wildman–Crippen MR) is 165 cm³/mol. The first-order chi connectivity index (χ1) is 21.8. The van der Waals surface area contributed by atoms with Crippen LogP contribution in [0.2, 0.25) is 0 Å². The van der Waals surface area contributed by atoms with Crippen LogP contribution in [0.1, 0.15) is 31.2 Å². The van der Waals surface area contributed by atoms with Crippen LogP contribution in [0.25, 0.3) is 32.9 Å². The van der Waals surface area contributed by atoms with E-state index in [0.717, 1.165) is 52.0 Å². The van der Waals surface area contributed by atoms with Crippen LogP contribution in [-0.4, -0.2) is 82.5 Å². The second kappa shape index (κ2) is 10.7. The van der Waals surface area contributed by atoms with Gasteiger partial charge in [0.15, 0.2) is 5.82 Å². The van der Waals surface area contributed by atoms with Gasteiger partial charge in [0.1, 0.15) is 41.4 Å². The average molecular weight is 615 g/mol. The van der Waals surface area contributed by atoms with Crippen LogP contribution in [0.4, 0.5) is 19.0 Å². The Labute approximate surface area is 258 Å². The number of ether oxygens (including phenoxy) is 1. The van der Waals surface area contributed by atoms with Crippen LogP contribution in [0.15, 0.2) is 30.5 Å². The van der Waals surface area contributed by atoms with E-state index in [0.29, 0.717) is 41.4 Å². The zero-order valence-electron chi connectivity index (χ0n) is 24.7. The topological polar surface area (TPSA) is 86.6 Å². The molecule has 4 fully saturated rings. The summed E-state index contributed by atoms with van der Waals surface area (Å²) in [5, 5.41) is 15.2. The predicted octanol–water partition coefficient (Wildman–Crippen LogP) is 4.81. The molecule has 0 saturated carbocycles. The smallest absolute Gasteiger partial charge is 0.319 e. The highest BCUT2D eigenvalue weighted by Gasteiger charge is 2.49. The molecule has 0 aliphatic carbocycles. The van der Waals surface area contributed by atoms with Gasteiger partial charge < -0.3 is 20.1 Å². The summed E-state index contributed by atoms with van der Waals surface area (Å²) in [6.45, 7) is 4.69. The lowest BCUT2D eigenvalue weighted by molar-refractivity contribution is 0.107. The molecule has 11 heteroatoms. The van der Waals surface area contributed by atoms with Crippen LogP contribution in [0.3, 0.4) is 0 Å². The maximum absolute atomic E-state index is 16.8. The number of phenolic OH excluding ortho intramolecular Hbond substituents is 1. The standard InChI is InChI=1S/C34H33F3N6O2/c1-2-24-27(36)5-4-21-9-23(44)10-25(28(21)24)30-29(37)31-26(14-39-30)32(42-15-19-8-20(16-42)13-38-12-19)41-33(40-31)45-18-34-6-3-7-43(34)17-22(35)11-34/h1,4-5,9-10,14,19-20,22,38,44H,3,6-8,11-13,15-18H2/t19?,20?,22-,34+/m1/s1. The highest BCUT2D eigenvalue weighted by molar-refractivity contribution is 6.03. The minimum Gasteiger partial charge on any atom is -0.508 e. The van der Waals surface area contributed by atoms with E-state index in [1.54, 1.807) is 0 Å². The van der Waals surface area contributed by atoms with Crippen molar-refractivity contribution in [3.63, 3.8) is 0 Å². The van der Waals surface area contributed by atoms with E-state index in [4.69, 9.17) is 16.1 Å². The Morgan fingerprint density at radius 3 is 2.76 bits per heavy atom. The van der Waals surface area contributed by atoms with Crippen LogP contribution >= 0.6 is 0 Å². The highest BCUT2D eigenvalue weighted by atomic mass is 19.1. The molecule has 45 heavy (non-hydrogen) atoms. The molecule has 4 aliphatic heterocycles. The SMILES string of the molecule is C#Cc1c(F)ccc2cc(O)cc(-c3ncc4c(N5CC6CNCC(C6)C5)nc(OC[C@@]56CCCN5C[C@H](F)C6)nc4c3F)c12. The Morgan fingerprint density at radius 1 is 1.13 bits per heavy atom. The zero-order chi connectivity index (χ0) is 30.9. The van der Waals surface area contributed by atoms with Crippen molar-refractivity contribution in [3.8, 4) is 35.4 Å². The van der Waals surface area contributed by atoms with Crippen molar-refractivity contribution >= 4 is 27.5 Å². The van der Waals surface area contributed by atoms with Crippen molar-refractivity contribution in [2.45, 2.75) is 37.4 Å². The molecule has 4 aromatic rings. The largest absolute Gasteiger partial charge is 0.508 e. The van der Waals surface area contributed by atoms with Crippen molar-refractivity contribution in [2.24, 2.45) is 11.8 Å². The molecule has 6 heterocycles. The Bertz CT molecular complexity index is 1870. The third-order valence-corrected chi connectivity index (χ3v) is 10.1. The molecule has 0 spiro atoms. The number of halogens is 3. The van der Waals surface area contributed by atoms with E-state index in [2.05, 4.69) is 31.0 Å². The van der Waals surface area contributed by atoms with E-state index in [1.807, 2.05) is 0 Å². The molecule has 2 aromatic heterocycles. The summed E-state index contributed by atoms with van der Waals surface area (Å²) >= 11 is 0. The minimum absolute atomic E-state index is 0.000389. The molecule has 0 amide bonds. The van der Waals surface area contributed by atoms with Crippen molar-refractivity contribution in [2.75, 3.05) is 50.8 Å². The van der Waals surface area contributed by atoms with Crippen LogP contribution < -0.4 is 15.0 Å². The number of hydrogen-bond donors (Lipinski definition) is 2. The van der Waals surface area contributed by atoms with Crippen LogP contribution in [0, 0.1) is 35.8 Å². The van der Waals surface area contributed by atoms with Crippen LogP contribution in [-0.2, 0) is 0 Å². The van der Waals surface area contributed by atoms with Gasteiger partial charge in [-0.3, -0.25) is 9.88 Å². The third-order valence-electron chi connectivity index (χ3n) is 10.1. The Morgan fingerprint density at radius 2 is 1.96 bits per heavy atom. The Kier molecular flexibility index (Phi) is 6.76. The summed E-state index contributed by atoms with van der Waals surface area (Å²) in [4.78, 5) is 18.2. The highest BCUT2D eigenvalue weighted by Crippen LogP contribution is 2.42. The molecular formula is C34H33F3N6O2. The van der Waals surface area contributed by atoms with Gasteiger partial charge in [0.05, 0.1) is 16.5 Å². The van der Waals surface area contributed by atoms with Crippen molar-refractivity contribution in [1.29, 1.82) is 0 Å². The van der Waals surface area contributed by atoms with E-state index in [9.17, 15) is 13.9 Å². The normalized spacial score (nSPS) is 26.4. The van der Waals surface area contributed by atoms with Gasteiger partial charge in [0.2, 0.25) is 0 Å². The first kappa shape index (κ1) is 28.3. The fraction of sp³-hybridized carbons (Fsp3) is 0.441. The summed E-state index contributed by atoms with van der Waals surface area (Å²) in [6.07, 6.45) is 9.58. The number of nitrogens with zero attached hydrogens (tertiary/aromatic N) is 5. The number of nitrogens with one attached hydrogen (secondary N) is 1. The van der Waals surface area contributed by atoms with Gasteiger partial charge in [-0.15, -0.1) is 6.42 Å². The minimum atomic E-state index is -0.913. The second-order valence-corrected chi connectivity index (χ2v) is 13.1. The summed E-state index contributed by atoms with van der Waals surface area (Å²) in [6, 6.07) is 5.50. The number of alkyl halides is 1. The molecule has 4 saturated heterocycles. The lowest BCUT2D eigenvalue weighted by atomic mass is 9.86. The van der Waals surface area contributed by atoms with Gasteiger partial charge in [-0.25, -0.2) is 13.2 Å².